The van der Waals surface area contributed by atoms with E-state index < -0.39 is 0 Å². The molecule has 23 heavy (non-hydrogen) atoms. The van der Waals surface area contributed by atoms with Crippen LogP contribution in [-0.4, -0.2) is 24.0 Å². The molecule has 0 saturated heterocycles. The van der Waals surface area contributed by atoms with Gasteiger partial charge in [-0.15, -0.1) is 0 Å². The zero-order valence-electron chi connectivity index (χ0n) is 14.0. The summed E-state index contributed by atoms with van der Waals surface area (Å²) in [5, 5.41) is 2.98. The van der Waals surface area contributed by atoms with Crippen LogP contribution in [0.1, 0.15) is 39.0 Å². The molecule has 0 aliphatic heterocycles. The van der Waals surface area contributed by atoms with Gasteiger partial charge in [0.2, 0.25) is 5.91 Å². The Kier molecular flexibility index (Phi) is 6.20. The first kappa shape index (κ1) is 17.1. The van der Waals surface area contributed by atoms with Crippen molar-refractivity contribution in [2.75, 3.05) is 7.11 Å². The van der Waals surface area contributed by atoms with E-state index in [1.807, 2.05) is 31.2 Å². The second-order valence-corrected chi connectivity index (χ2v) is 5.60. The van der Waals surface area contributed by atoms with Crippen molar-refractivity contribution in [3.8, 4) is 17.1 Å². The molecule has 1 heterocycles. The Labute approximate surface area is 137 Å². The quantitative estimate of drug-likeness (QED) is 0.808. The van der Waals surface area contributed by atoms with Crippen molar-refractivity contribution < 1.29 is 13.9 Å². The molecule has 0 fully saturated rings. The minimum atomic E-state index is 0.0372. The van der Waals surface area contributed by atoms with Crippen LogP contribution in [0.4, 0.5) is 0 Å². The number of hydrogen-bond donors (Lipinski definition) is 1. The minimum absolute atomic E-state index is 0.0372. The van der Waals surface area contributed by atoms with E-state index in [-0.39, 0.29) is 11.9 Å². The van der Waals surface area contributed by atoms with E-state index in [1.165, 1.54) is 0 Å². The number of nitrogens with zero attached hydrogens (tertiary/aromatic N) is 1. The molecular weight excluding hydrogens is 292 g/mol. The van der Waals surface area contributed by atoms with Crippen LogP contribution in [-0.2, 0) is 11.2 Å². The summed E-state index contributed by atoms with van der Waals surface area (Å²) in [5.74, 6) is 2.11. The Morgan fingerprint density at radius 2 is 2.09 bits per heavy atom. The van der Waals surface area contributed by atoms with Crippen LogP contribution in [0.15, 0.2) is 34.9 Å². The van der Waals surface area contributed by atoms with E-state index in [0.717, 1.165) is 24.2 Å². The number of benzene rings is 1. The topological polar surface area (TPSA) is 64.4 Å². The molecular formula is C18H24N2O3. The molecule has 1 unspecified atom stereocenters. The standard InChI is InChI=1S/C18H24N2O3/c1-4-5-13(2)20-17(21)10-11-18-19-12-16(23-18)14-6-8-15(22-3)9-7-14/h6-9,12-13H,4-5,10-11H2,1-3H3,(H,20,21). The number of ether oxygens (including phenoxy) is 1. The summed E-state index contributed by atoms with van der Waals surface area (Å²) in [5.41, 5.74) is 0.936. The van der Waals surface area contributed by atoms with Gasteiger partial charge in [-0.1, -0.05) is 13.3 Å². The van der Waals surface area contributed by atoms with E-state index in [1.54, 1.807) is 13.3 Å². The van der Waals surface area contributed by atoms with Gasteiger partial charge in [-0.2, -0.15) is 0 Å². The number of methoxy groups -OCH3 is 1. The van der Waals surface area contributed by atoms with E-state index in [4.69, 9.17) is 9.15 Å². The Hall–Kier alpha value is -2.30. The van der Waals surface area contributed by atoms with Crippen LogP contribution in [0.3, 0.4) is 0 Å². The van der Waals surface area contributed by atoms with Crippen molar-refractivity contribution in [2.45, 2.75) is 45.6 Å². The molecule has 0 bridgehead atoms. The van der Waals surface area contributed by atoms with Gasteiger partial charge in [-0.3, -0.25) is 4.79 Å². The van der Waals surface area contributed by atoms with Gasteiger partial charge in [-0.25, -0.2) is 4.98 Å². The summed E-state index contributed by atoms with van der Waals surface area (Å²) in [6.07, 6.45) is 4.63. The Morgan fingerprint density at radius 1 is 1.35 bits per heavy atom. The lowest BCUT2D eigenvalue weighted by Crippen LogP contribution is -2.32. The number of nitrogens with one attached hydrogen (secondary N) is 1. The molecule has 0 aliphatic rings. The van der Waals surface area contributed by atoms with Gasteiger partial charge in [0.15, 0.2) is 11.7 Å². The number of aromatic nitrogens is 1. The maximum absolute atomic E-state index is 11.9. The molecule has 1 amide bonds. The molecule has 1 atom stereocenters. The van der Waals surface area contributed by atoms with Gasteiger partial charge in [0.25, 0.3) is 0 Å². The molecule has 5 nitrogen and oxygen atoms in total. The third kappa shape index (κ3) is 5.13. The highest BCUT2D eigenvalue weighted by Crippen LogP contribution is 2.23. The zero-order valence-corrected chi connectivity index (χ0v) is 14.0. The lowest BCUT2D eigenvalue weighted by molar-refractivity contribution is -0.121. The van der Waals surface area contributed by atoms with Gasteiger partial charge in [-0.05, 0) is 37.6 Å². The molecule has 1 aromatic carbocycles. The number of carbonyl (C=O) groups excluding carboxylic acids is 1. The van der Waals surface area contributed by atoms with E-state index in [0.29, 0.717) is 24.5 Å². The van der Waals surface area contributed by atoms with Crippen molar-refractivity contribution in [1.29, 1.82) is 0 Å². The Bertz CT molecular complexity index is 619. The van der Waals surface area contributed by atoms with Gasteiger partial charge in [0, 0.05) is 24.4 Å². The third-order valence-electron chi connectivity index (χ3n) is 3.62. The highest BCUT2D eigenvalue weighted by atomic mass is 16.5. The van der Waals surface area contributed by atoms with Gasteiger partial charge in [0.05, 0.1) is 13.3 Å². The van der Waals surface area contributed by atoms with Crippen molar-refractivity contribution in [1.82, 2.24) is 10.3 Å². The molecule has 1 N–H and O–H groups in total. The summed E-state index contributed by atoms with van der Waals surface area (Å²) in [6, 6.07) is 7.80. The number of rotatable bonds is 8. The van der Waals surface area contributed by atoms with Crippen molar-refractivity contribution in [2.24, 2.45) is 0 Å². The normalized spacial score (nSPS) is 12.0. The van der Waals surface area contributed by atoms with Gasteiger partial charge >= 0.3 is 0 Å². The van der Waals surface area contributed by atoms with Crippen molar-refractivity contribution in [3.05, 3.63) is 36.4 Å². The van der Waals surface area contributed by atoms with Crippen LogP contribution in [0.25, 0.3) is 11.3 Å². The smallest absolute Gasteiger partial charge is 0.220 e. The van der Waals surface area contributed by atoms with Crippen LogP contribution in [0.2, 0.25) is 0 Å². The molecule has 2 aromatic rings. The lowest BCUT2D eigenvalue weighted by Gasteiger charge is -2.11. The average molecular weight is 316 g/mol. The molecule has 0 aliphatic carbocycles. The molecule has 0 saturated carbocycles. The van der Waals surface area contributed by atoms with E-state index in [9.17, 15) is 4.79 Å². The summed E-state index contributed by atoms with van der Waals surface area (Å²) >= 11 is 0. The lowest BCUT2D eigenvalue weighted by atomic mass is 10.2. The van der Waals surface area contributed by atoms with Crippen LogP contribution >= 0.6 is 0 Å². The number of hydrogen-bond acceptors (Lipinski definition) is 4. The second kappa shape index (κ2) is 8.36. The number of carbonyl (C=O) groups is 1. The maximum atomic E-state index is 11.9. The summed E-state index contributed by atoms with van der Waals surface area (Å²) in [7, 11) is 1.63. The molecule has 0 spiro atoms. The fourth-order valence-electron chi connectivity index (χ4n) is 2.39. The third-order valence-corrected chi connectivity index (χ3v) is 3.62. The zero-order chi connectivity index (χ0) is 16.7. The average Bonchev–Trinajstić information content (AvgIpc) is 3.02. The molecule has 124 valence electrons. The first-order chi connectivity index (χ1) is 11.1. The second-order valence-electron chi connectivity index (χ2n) is 5.60. The van der Waals surface area contributed by atoms with Gasteiger partial charge in [0.1, 0.15) is 5.75 Å². The monoisotopic (exact) mass is 316 g/mol. The highest BCUT2D eigenvalue weighted by molar-refractivity contribution is 5.76. The highest BCUT2D eigenvalue weighted by Gasteiger charge is 2.10. The fourth-order valence-corrected chi connectivity index (χ4v) is 2.39. The van der Waals surface area contributed by atoms with Crippen LogP contribution in [0.5, 0.6) is 5.75 Å². The van der Waals surface area contributed by atoms with Crippen LogP contribution < -0.4 is 10.1 Å². The summed E-state index contributed by atoms with van der Waals surface area (Å²) in [4.78, 5) is 16.1. The number of amides is 1. The van der Waals surface area contributed by atoms with E-state index in [2.05, 4.69) is 17.2 Å². The first-order valence-corrected chi connectivity index (χ1v) is 8.01. The Morgan fingerprint density at radius 3 is 2.74 bits per heavy atom. The first-order valence-electron chi connectivity index (χ1n) is 8.01. The van der Waals surface area contributed by atoms with Crippen molar-refractivity contribution >= 4 is 5.91 Å². The SMILES string of the molecule is CCCC(C)NC(=O)CCc1ncc(-c2ccc(OC)cc2)o1. The summed E-state index contributed by atoms with van der Waals surface area (Å²) < 4.78 is 10.8. The maximum Gasteiger partial charge on any atom is 0.220 e. The number of oxazole rings is 1. The van der Waals surface area contributed by atoms with Crippen LogP contribution in [0, 0.1) is 0 Å². The molecule has 0 radical (unpaired) electrons. The van der Waals surface area contributed by atoms with E-state index >= 15 is 0 Å². The molecule has 5 heteroatoms. The number of aryl methyl sites for hydroxylation is 1. The fraction of sp³-hybridized carbons (Fsp3) is 0.444. The summed E-state index contributed by atoms with van der Waals surface area (Å²) in [6.45, 7) is 4.13. The predicted molar refractivity (Wildman–Crippen MR) is 89.3 cm³/mol. The molecule has 1 aromatic heterocycles. The van der Waals surface area contributed by atoms with Crippen molar-refractivity contribution in [3.63, 3.8) is 0 Å². The minimum Gasteiger partial charge on any atom is -0.497 e. The Balaban J connectivity index is 1.88. The largest absolute Gasteiger partial charge is 0.497 e. The predicted octanol–water partition coefficient (Wildman–Crippen LogP) is 3.59. The van der Waals surface area contributed by atoms with Gasteiger partial charge < -0.3 is 14.5 Å². The molecule has 2 rings (SSSR count).